The minimum absolute atomic E-state index is 0.138. The molecule has 0 spiro atoms. The average Bonchev–Trinajstić information content (AvgIpc) is 2.57. The predicted octanol–water partition coefficient (Wildman–Crippen LogP) is 3.90. The number of unbranched alkanes of at least 4 members (excludes halogenated alkanes) is 3. The maximum Gasteiger partial charge on any atom is 0.305 e. The first kappa shape index (κ1) is 17.4. The Hall–Kier alpha value is -1.97. The van der Waals surface area contributed by atoms with Gasteiger partial charge >= 0.3 is 5.97 Å². The Balaban J connectivity index is 1.76. The summed E-state index contributed by atoms with van der Waals surface area (Å²) in [5.74, 6) is 0.152. The van der Waals surface area contributed by atoms with Crippen molar-refractivity contribution < 1.29 is 19.1 Å². The maximum atomic E-state index is 12.2. The molecule has 0 atom stereocenters. The highest BCUT2D eigenvalue weighted by molar-refractivity contribution is 6.01. The summed E-state index contributed by atoms with van der Waals surface area (Å²) in [5, 5.41) is 0. The van der Waals surface area contributed by atoms with Gasteiger partial charge in [0, 0.05) is 30.4 Å². The molecule has 124 valence electrons. The van der Waals surface area contributed by atoms with Gasteiger partial charge in [0.15, 0.2) is 11.6 Å². The van der Waals surface area contributed by atoms with E-state index in [-0.39, 0.29) is 17.5 Å². The number of hydrogen-bond acceptors (Lipinski definition) is 4. The molecule has 1 aliphatic carbocycles. The smallest absolute Gasteiger partial charge is 0.305 e. The molecule has 4 nitrogen and oxygen atoms in total. The minimum Gasteiger partial charge on any atom is -0.469 e. The van der Waals surface area contributed by atoms with Crippen LogP contribution in [0.4, 0.5) is 0 Å². The van der Waals surface area contributed by atoms with Gasteiger partial charge in [0.2, 0.25) is 0 Å². The van der Waals surface area contributed by atoms with Gasteiger partial charge in [0.25, 0.3) is 0 Å². The number of Topliss-reactive ketones (excluding diaryl/α,β-unsaturated/α-hetero) is 2. The highest BCUT2D eigenvalue weighted by Crippen LogP contribution is 2.23. The number of ether oxygens (including phenoxy) is 1. The van der Waals surface area contributed by atoms with Crippen molar-refractivity contribution in [3.63, 3.8) is 0 Å². The van der Waals surface area contributed by atoms with Crippen molar-refractivity contribution in [3.8, 4) is 0 Å². The van der Waals surface area contributed by atoms with E-state index in [1.807, 2.05) is 6.07 Å². The van der Waals surface area contributed by atoms with Crippen LogP contribution in [-0.2, 0) is 16.0 Å². The average molecular weight is 316 g/mol. The second kappa shape index (κ2) is 8.61. The van der Waals surface area contributed by atoms with Gasteiger partial charge in [-0.05, 0) is 37.3 Å². The zero-order chi connectivity index (χ0) is 16.7. The molecule has 0 N–H and O–H groups in total. The lowest BCUT2D eigenvalue weighted by molar-refractivity contribution is -0.140. The molecule has 0 aliphatic heterocycles. The molecule has 0 unspecified atom stereocenters. The first-order valence-corrected chi connectivity index (χ1v) is 8.38. The van der Waals surface area contributed by atoms with Crippen molar-refractivity contribution in [1.82, 2.24) is 0 Å². The molecular weight excluding hydrogens is 292 g/mol. The summed E-state index contributed by atoms with van der Waals surface area (Å²) in [6, 6.07) is 5.48. The summed E-state index contributed by atoms with van der Waals surface area (Å²) in [5.41, 5.74) is 2.52. The molecule has 0 heterocycles. The van der Waals surface area contributed by atoms with Crippen LogP contribution in [0.5, 0.6) is 0 Å². The fraction of sp³-hybridized carbons (Fsp3) is 0.526. The van der Waals surface area contributed by atoms with Crippen LogP contribution in [0, 0.1) is 0 Å². The van der Waals surface area contributed by atoms with Crippen LogP contribution in [-0.4, -0.2) is 24.6 Å². The van der Waals surface area contributed by atoms with E-state index < -0.39 is 0 Å². The molecule has 2 rings (SSSR count). The Kier molecular flexibility index (Phi) is 6.51. The number of hydrogen-bond donors (Lipinski definition) is 0. The van der Waals surface area contributed by atoms with Crippen LogP contribution < -0.4 is 0 Å². The van der Waals surface area contributed by atoms with Crippen LogP contribution in [0.2, 0.25) is 0 Å². The third kappa shape index (κ3) is 5.02. The standard InChI is InChI=1S/C19H24O4/c1-23-19(22)10-5-3-2-4-8-17(20)15-11-12-16-14(13-15)7-6-9-18(16)21/h11-13H,2-10H2,1H3. The predicted molar refractivity (Wildman–Crippen MR) is 87.8 cm³/mol. The fourth-order valence-corrected chi connectivity index (χ4v) is 2.97. The second-order valence-electron chi connectivity index (χ2n) is 6.06. The van der Waals surface area contributed by atoms with Gasteiger partial charge in [-0.15, -0.1) is 0 Å². The number of methoxy groups -OCH3 is 1. The first-order chi connectivity index (χ1) is 11.1. The Morgan fingerprint density at radius 2 is 1.78 bits per heavy atom. The molecule has 1 aromatic rings. The van der Waals surface area contributed by atoms with Crippen LogP contribution in [0.25, 0.3) is 0 Å². The number of carbonyl (C=O) groups excluding carboxylic acids is 3. The Morgan fingerprint density at radius 3 is 2.52 bits per heavy atom. The van der Waals surface area contributed by atoms with E-state index in [9.17, 15) is 14.4 Å². The number of benzene rings is 1. The maximum absolute atomic E-state index is 12.2. The van der Waals surface area contributed by atoms with Crippen molar-refractivity contribution >= 4 is 17.5 Å². The van der Waals surface area contributed by atoms with Crippen LogP contribution in [0.1, 0.15) is 77.6 Å². The van der Waals surface area contributed by atoms with Crippen LogP contribution in [0.15, 0.2) is 18.2 Å². The van der Waals surface area contributed by atoms with E-state index >= 15 is 0 Å². The largest absolute Gasteiger partial charge is 0.469 e. The monoisotopic (exact) mass is 316 g/mol. The Bertz CT molecular complexity index is 589. The fourth-order valence-electron chi connectivity index (χ4n) is 2.97. The highest BCUT2D eigenvalue weighted by Gasteiger charge is 2.18. The molecule has 1 aromatic carbocycles. The third-order valence-corrected chi connectivity index (χ3v) is 4.34. The molecule has 0 amide bonds. The minimum atomic E-state index is -0.176. The zero-order valence-corrected chi connectivity index (χ0v) is 13.7. The summed E-state index contributed by atoms with van der Waals surface area (Å²) in [4.78, 5) is 35.0. The number of carbonyl (C=O) groups is 3. The molecule has 0 saturated heterocycles. The molecule has 0 saturated carbocycles. The van der Waals surface area contributed by atoms with E-state index in [4.69, 9.17) is 0 Å². The summed E-state index contributed by atoms with van der Waals surface area (Å²) in [6.45, 7) is 0. The lowest BCUT2D eigenvalue weighted by Crippen LogP contribution is -2.12. The van der Waals surface area contributed by atoms with Crippen molar-refractivity contribution in [2.75, 3.05) is 7.11 Å². The molecule has 4 heteroatoms. The molecule has 0 radical (unpaired) electrons. The molecule has 0 bridgehead atoms. The molecule has 1 aliphatic rings. The number of esters is 1. The Labute approximate surface area is 137 Å². The van der Waals surface area contributed by atoms with Gasteiger partial charge in [0.05, 0.1) is 7.11 Å². The van der Waals surface area contributed by atoms with Crippen LogP contribution >= 0.6 is 0 Å². The zero-order valence-electron chi connectivity index (χ0n) is 13.7. The molecule has 0 aromatic heterocycles. The third-order valence-electron chi connectivity index (χ3n) is 4.34. The first-order valence-electron chi connectivity index (χ1n) is 8.38. The van der Waals surface area contributed by atoms with Gasteiger partial charge in [0.1, 0.15) is 0 Å². The summed E-state index contributed by atoms with van der Waals surface area (Å²) in [7, 11) is 1.40. The molecular formula is C19H24O4. The lowest BCUT2D eigenvalue weighted by Gasteiger charge is -2.15. The van der Waals surface area contributed by atoms with E-state index in [1.165, 1.54) is 7.11 Å². The molecule has 0 fully saturated rings. The van der Waals surface area contributed by atoms with E-state index in [1.54, 1.807) is 12.1 Å². The summed E-state index contributed by atoms with van der Waals surface area (Å²) < 4.78 is 4.59. The van der Waals surface area contributed by atoms with E-state index in [0.29, 0.717) is 24.8 Å². The summed E-state index contributed by atoms with van der Waals surface area (Å²) in [6.07, 6.45) is 6.85. The van der Waals surface area contributed by atoms with Gasteiger partial charge < -0.3 is 4.74 Å². The van der Waals surface area contributed by atoms with Crippen molar-refractivity contribution in [3.05, 3.63) is 34.9 Å². The highest BCUT2D eigenvalue weighted by atomic mass is 16.5. The molecule has 23 heavy (non-hydrogen) atoms. The van der Waals surface area contributed by atoms with Gasteiger partial charge in [-0.1, -0.05) is 25.0 Å². The van der Waals surface area contributed by atoms with Gasteiger partial charge in [-0.2, -0.15) is 0 Å². The topological polar surface area (TPSA) is 60.4 Å². The van der Waals surface area contributed by atoms with Gasteiger partial charge in [-0.25, -0.2) is 0 Å². The number of rotatable bonds is 8. The van der Waals surface area contributed by atoms with E-state index in [0.717, 1.165) is 49.7 Å². The van der Waals surface area contributed by atoms with Crippen molar-refractivity contribution in [2.24, 2.45) is 0 Å². The number of ketones is 2. The van der Waals surface area contributed by atoms with Crippen LogP contribution in [0.3, 0.4) is 0 Å². The lowest BCUT2D eigenvalue weighted by atomic mass is 9.88. The van der Waals surface area contributed by atoms with Crippen molar-refractivity contribution in [2.45, 2.75) is 57.8 Å². The number of aryl methyl sites for hydroxylation is 1. The van der Waals surface area contributed by atoms with Gasteiger partial charge in [-0.3, -0.25) is 14.4 Å². The SMILES string of the molecule is COC(=O)CCCCCCC(=O)c1ccc2c(c1)CCCC2=O. The summed E-state index contributed by atoms with van der Waals surface area (Å²) >= 11 is 0. The Morgan fingerprint density at radius 1 is 1.04 bits per heavy atom. The number of fused-ring (bicyclic) bond motifs is 1. The quantitative estimate of drug-likeness (QED) is 0.414. The normalized spacial score (nSPS) is 13.5. The van der Waals surface area contributed by atoms with E-state index in [2.05, 4.69) is 4.74 Å². The second-order valence-corrected chi connectivity index (χ2v) is 6.06. The van der Waals surface area contributed by atoms with Crippen molar-refractivity contribution in [1.29, 1.82) is 0 Å².